The van der Waals surface area contributed by atoms with Gasteiger partial charge in [0.2, 0.25) is 0 Å². The first-order valence-electron chi connectivity index (χ1n) is 6.42. The van der Waals surface area contributed by atoms with E-state index in [2.05, 4.69) is 16.8 Å². The maximum absolute atomic E-state index is 8.97. The lowest BCUT2D eigenvalue weighted by atomic mass is 10.1. The fourth-order valence-electron chi connectivity index (χ4n) is 2.45. The van der Waals surface area contributed by atoms with Crippen molar-refractivity contribution in [3.63, 3.8) is 0 Å². The second-order valence-electron chi connectivity index (χ2n) is 4.71. The normalized spacial score (nSPS) is 22.1. The zero-order valence-electron chi connectivity index (χ0n) is 10.4. The van der Waals surface area contributed by atoms with Crippen LogP contribution in [0.2, 0.25) is 0 Å². The number of hydrogen-bond acceptors (Lipinski definition) is 4. The molecule has 1 saturated heterocycles. The topological polar surface area (TPSA) is 46.9 Å². The Morgan fingerprint density at radius 2 is 2.00 bits per heavy atom. The summed E-state index contributed by atoms with van der Waals surface area (Å²) in [5.74, 6) is 0. The summed E-state index contributed by atoms with van der Waals surface area (Å²) in [4.78, 5) is 4.69. The van der Waals surface area contributed by atoms with Crippen LogP contribution in [-0.2, 0) is 0 Å². The van der Waals surface area contributed by atoms with Gasteiger partial charge in [-0.05, 0) is 45.8 Å². The fourth-order valence-corrected chi connectivity index (χ4v) is 2.45. The Balaban J connectivity index is 2.19. The van der Waals surface area contributed by atoms with Gasteiger partial charge in [0.15, 0.2) is 0 Å². The van der Waals surface area contributed by atoms with Gasteiger partial charge in [-0.1, -0.05) is 0 Å². The molecule has 1 heterocycles. The quantitative estimate of drug-likeness (QED) is 0.623. The van der Waals surface area contributed by atoms with Crippen LogP contribution < -0.4 is 0 Å². The fraction of sp³-hybridized carbons (Fsp3) is 1.00. The van der Waals surface area contributed by atoms with Crippen molar-refractivity contribution in [2.45, 2.75) is 31.7 Å². The van der Waals surface area contributed by atoms with Crippen LogP contribution in [0.25, 0.3) is 0 Å². The van der Waals surface area contributed by atoms with Crippen LogP contribution in [0.3, 0.4) is 0 Å². The molecular weight excluding hydrogens is 204 g/mol. The highest BCUT2D eigenvalue weighted by atomic mass is 16.3. The summed E-state index contributed by atoms with van der Waals surface area (Å²) in [5, 5.41) is 17.8. The molecule has 4 heteroatoms. The average Bonchev–Trinajstić information content (AvgIpc) is 2.68. The van der Waals surface area contributed by atoms with Gasteiger partial charge in [-0.15, -0.1) is 0 Å². The Morgan fingerprint density at radius 3 is 2.56 bits per heavy atom. The van der Waals surface area contributed by atoms with E-state index in [4.69, 9.17) is 10.2 Å². The number of nitrogens with zero attached hydrogens (tertiary/aromatic N) is 2. The van der Waals surface area contributed by atoms with E-state index in [1.165, 1.54) is 25.8 Å². The van der Waals surface area contributed by atoms with Crippen molar-refractivity contribution in [1.82, 2.24) is 9.80 Å². The van der Waals surface area contributed by atoms with E-state index >= 15 is 0 Å². The minimum atomic E-state index is 0.214. The molecule has 1 atom stereocenters. The van der Waals surface area contributed by atoms with E-state index < -0.39 is 0 Å². The molecule has 0 amide bonds. The van der Waals surface area contributed by atoms with E-state index in [1.807, 2.05) is 0 Å². The first-order valence-corrected chi connectivity index (χ1v) is 6.42. The summed E-state index contributed by atoms with van der Waals surface area (Å²) in [7, 11) is 2.20. The van der Waals surface area contributed by atoms with E-state index in [0.717, 1.165) is 32.1 Å². The van der Waals surface area contributed by atoms with Crippen molar-refractivity contribution in [3.8, 4) is 0 Å². The lowest BCUT2D eigenvalue weighted by molar-refractivity contribution is 0.165. The van der Waals surface area contributed by atoms with Crippen molar-refractivity contribution in [3.05, 3.63) is 0 Å². The highest BCUT2D eigenvalue weighted by Gasteiger charge is 2.20. The largest absolute Gasteiger partial charge is 0.396 e. The van der Waals surface area contributed by atoms with E-state index in [0.29, 0.717) is 0 Å². The molecule has 0 aromatic rings. The molecule has 1 fully saturated rings. The van der Waals surface area contributed by atoms with Gasteiger partial charge in [0.25, 0.3) is 0 Å². The predicted molar refractivity (Wildman–Crippen MR) is 65.5 cm³/mol. The number of rotatable bonds is 8. The molecule has 1 rings (SSSR count). The lowest BCUT2D eigenvalue weighted by Gasteiger charge is -2.25. The third-order valence-corrected chi connectivity index (χ3v) is 3.50. The summed E-state index contributed by atoms with van der Waals surface area (Å²) in [5.41, 5.74) is 0. The molecule has 1 unspecified atom stereocenters. The maximum atomic E-state index is 8.97. The summed E-state index contributed by atoms with van der Waals surface area (Å²) in [6, 6.07) is 0.718. The van der Waals surface area contributed by atoms with Gasteiger partial charge in [-0.2, -0.15) is 0 Å². The Labute approximate surface area is 98.9 Å². The second-order valence-corrected chi connectivity index (χ2v) is 4.71. The Kier molecular flexibility index (Phi) is 6.96. The van der Waals surface area contributed by atoms with Crippen LogP contribution in [0.4, 0.5) is 0 Å². The van der Waals surface area contributed by atoms with Gasteiger partial charge in [-0.3, -0.25) is 0 Å². The van der Waals surface area contributed by atoms with Crippen LogP contribution in [0.15, 0.2) is 0 Å². The van der Waals surface area contributed by atoms with Crippen molar-refractivity contribution in [1.29, 1.82) is 0 Å². The molecule has 0 bridgehead atoms. The van der Waals surface area contributed by atoms with Gasteiger partial charge >= 0.3 is 0 Å². The summed E-state index contributed by atoms with van der Waals surface area (Å²) < 4.78 is 0. The molecule has 4 nitrogen and oxygen atoms in total. The third-order valence-electron chi connectivity index (χ3n) is 3.50. The predicted octanol–water partition coefficient (Wildman–Crippen LogP) is 0.147. The molecule has 0 aromatic carbocycles. The number of aliphatic hydroxyl groups is 2. The molecular formula is C12H26N2O2. The Hall–Kier alpha value is -0.160. The van der Waals surface area contributed by atoms with Crippen LogP contribution in [-0.4, -0.2) is 72.5 Å². The summed E-state index contributed by atoms with van der Waals surface area (Å²) in [6.45, 7) is 4.35. The lowest BCUT2D eigenvalue weighted by Crippen LogP contribution is -2.34. The van der Waals surface area contributed by atoms with Crippen molar-refractivity contribution in [2.75, 3.05) is 46.4 Å². The van der Waals surface area contributed by atoms with Crippen molar-refractivity contribution >= 4 is 0 Å². The molecule has 0 spiro atoms. The first-order chi connectivity index (χ1) is 7.77. The molecule has 96 valence electrons. The Bertz CT molecular complexity index is 178. The third kappa shape index (κ3) is 4.78. The van der Waals surface area contributed by atoms with E-state index in [9.17, 15) is 0 Å². The zero-order chi connectivity index (χ0) is 11.8. The number of likely N-dealkylation sites (tertiary alicyclic amines) is 1. The van der Waals surface area contributed by atoms with E-state index in [-0.39, 0.29) is 13.2 Å². The molecule has 0 aliphatic carbocycles. The maximum Gasteiger partial charge on any atom is 0.0558 e. The van der Waals surface area contributed by atoms with Crippen molar-refractivity contribution < 1.29 is 10.2 Å². The standard InChI is InChI=1S/C12H26N2O2/c1-13-6-2-4-12(13)5-8-14(9-11-16)7-3-10-15/h12,15-16H,2-11H2,1H3. The summed E-state index contributed by atoms with van der Waals surface area (Å²) in [6.07, 6.45) is 4.61. The van der Waals surface area contributed by atoms with Gasteiger partial charge < -0.3 is 20.0 Å². The zero-order valence-corrected chi connectivity index (χ0v) is 10.4. The molecule has 0 radical (unpaired) electrons. The van der Waals surface area contributed by atoms with Gasteiger partial charge in [0.1, 0.15) is 0 Å². The Morgan fingerprint density at radius 1 is 1.19 bits per heavy atom. The molecule has 1 aliphatic heterocycles. The minimum Gasteiger partial charge on any atom is -0.396 e. The van der Waals surface area contributed by atoms with Gasteiger partial charge in [0, 0.05) is 25.7 Å². The molecule has 0 aromatic heterocycles. The highest BCUT2D eigenvalue weighted by molar-refractivity contribution is 4.77. The van der Waals surface area contributed by atoms with Gasteiger partial charge in [0.05, 0.1) is 6.61 Å². The first kappa shape index (κ1) is 13.9. The van der Waals surface area contributed by atoms with Gasteiger partial charge in [-0.25, -0.2) is 0 Å². The van der Waals surface area contributed by atoms with E-state index in [1.54, 1.807) is 0 Å². The molecule has 1 aliphatic rings. The molecule has 2 N–H and O–H groups in total. The van der Waals surface area contributed by atoms with Crippen LogP contribution >= 0.6 is 0 Å². The SMILES string of the molecule is CN1CCCC1CCN(CCO)CCCO. The number of hydrogen-bond donors (Lipinski definition) is 2. The average molecular weight is 230 g/mol. The molecule has 0 saturated carbocycles. The minimum absolute atomic E-state index is 0.214. The van der Waals surface area contributed by atoms with Crippen LogP contribution in [0.1, 0.15) is 25.7 Å². The smallest absolute Gasteiger partial charge is 0.0558 e. The number of aliphatic hydroxyl groups excluding tert-OH is 2. The van der Waals surface area contributed by atoms with Crippen LogP contribution in [0.5, 0.6) is 0 Å². The van der Waals surface area contributed by atoms with Crippen molar-refractivity contribution in [2.24, 2.45) is 0 Å². The summed E-state index contributed by atoms with van der Waals surface area (Å²) >= 11 is 0. The monoisotopic (exact) mass is 230 g/mol. The highest BCUT2D eigenvalue weighted by Crippen LogP contribution is 2.17. The van der Waals surface area contributed by atoms with Crippen LogP contribution in [0, 0.1) is 0 Å². The second kappa shape index (κ2) is 8.01. The molecule has 16 heavy (non-hydrogen) atoms.